The van der Waals surface area contributed by atoms with Crippen molar-refractivity contribution in [2.75, 3.05) is 39.9 Å². The van der Waals surface area contributed by atoms with Crippen LogP contribution in [0.25, 0.3) is 0 Å². The van der Waals surface area contributed by atoms with E-state index in [9.17, 15) is 13.2 Å². The van der Waals surface area contributed by atoms with Gasteiger partial charge in [-0.1, -0.05) is 6.92 Å². The van der Waals surface area contributed by atoms with E-state index in [1.54, 1.807) is 0 Å². The van der Waals surface area contributed by atoms with Crippen molar-refractivity contribution in [1.82, 2.24) is 20.3 Å². The van der Waals surface area contributed by atoms with Crippen LogP contribution in [-0.2, 0) is 14.8 Å². The highest BCUT2D eigenvalue weighted by molar-refractivity contribution is 7.89. The standard InChI is InChI=1S/C13H24N4O4S/c1-3-4-14-5-6-15-13(18)12-9-11(10-16-12)22(19,20)17-7-8-21-2/h9-10,14,16-17H,3-8H2,1-2H3,(H,15,18). The van der Waals surface area contributed by atoms with E-state index in [4.69, 9.17) is 4.74 Å². The molecule has 0 saturated heterocycles. The fourth-order valence-electron chi connectivity index (χ4n) is 1.68. The monoisotopic (exact) mass is 332 g/mol. The molecule has 0 unspecified atom stereocenters. The van der Waals surface area contributed by atoms with Gasteiger partial charge in [-0.25, -0.2) is 13.1 Å². The molecule has 0 fully saturated rings. The van der Waals surface area contributed by atoms with Crippen LogP contribution in [0.5, 0.6) is 0 Å². The fraction of sp³-hybridized carbons (Fsp3) is 0.615. The van der Waals surface area contributed by atoms with E-state index < -0.39 is 10.0 Å². The van der Waals surface area contributed by atoms with Crippen LogP contribution >= 0.6 is 0 Å². The molecule has 1 aromatic rings. The molecule has 9 heteroatoms. The molecular formula is C13H24N4O4S. The zero-order valence-electron chi connectivity index (χ0n) is 12.9. The van der Waals surface area contributed by atoms with E-state index in [2.05, 4.69) is 27.3 Å². The van der Waals surface area contributed by atoms with Crippen LogP contribution < -0.4 is 15.4 Å². The van der Waals surface area contributed by atoms with Crippen LogP contribution in [0.15, 0.2) is 17.2 Å². The number of carbonyl (C=O) groups is 1. The first-order valence-electron chi connectivity index (χ1n) is 7.17. The third-order valence-corrected chi connectivity index (χ3v) is 4.26. The third-order valence-electron chi connectivity index (χ3n) is 2.82. The third kappa shape index (κ3) is 6.14. The van der Waals surface area contributed by atoms with Gasteiger partial charge in [0.15, 0.2) is 0 Å². The summed E-state index contributed by atoms with van der Waals surface area (Å²) < 4.78 is 31.1. The molecule has 1 heterocycles. The average Bonchev–Trinajstić information content (AvgIpc) is 2.98. The van der Waals surface area contributed by atoms with Gasteiger partial charge in [-0.15, -0.1) is 0 Å². The predicted octanol–water partition coefficient (Wildman–Crippen LogP) is -0.331. The molecule has 0 radical (unpaired) electrons. The Morgan fingerprint density at radius 3 is 2.73 bits per heavy atom. The minimum atomic E-state index is -3.63. The van der Waals surface area contributed by atoms with Crippen LogP contribution in [-0.4, -0.2) is 59.2 Å². The summed E-state index contributed by atoms with van der Waals surface area (Å²) in [5.74, 6) is -0.336. The first-order chi connectivity index (χ1) is 10.5. The largest absolute Gasteiger partial charge is 0.383 e. The van der Waals surface area contributed by atoms with Gasteiger partial charge in [-0.3, -0.25) is 4.79 Å². The number of methoxy groups -OCH3 is 1. The summed E-state index contributed by atoms with van der Waals surface area (Å²) >= 11 is 0. The highest BCUT2D eigenvalue weighted by Crippen LogP contribution is 2.10. The van der Waals surface area contributed by atoms with E-state index >= 15 is 0 Å². The molecule has 126 valence electrons. The first-order valence-corrected chi connectivity index (χ1v) is 8.65. The molecule has 0 spiro atoms. The summed E-state index contributed by atoms with van der Waals surface area (Å²) in [6, 6.07) is 1.31. The molecule has 22 heavy (non-hydrogen) atoms. The summed E-state index contributed by atoms with van der Waals surface area (Å²) in [5, 5.41) is 5.86. The maximum absolute atomic E-state index is 11.9. The lowest BCUT2D eigenvalue weighted by atomic mass is 10.4. The Kier molecular flexibility index (Phi) is 8.10. The zero-order valence-corrected chi connectivity index (χ0v) is 13.8. The number of carbonyl (C=O) groups excluding carboxylic acids is 1. The van der Waals surface area contributed by atoms with Crippen molar-refractivity contribution in [1.29, 1.82) is 0 Å². The Bertz CT molecular complexity index is 556. The van der Waals surface area contributed by atoms with Crippen molar-refractivity contribution in [2.24, 2.45) is 0 Å². The Hall–Kier alpha value is -1.42. The molecule has 1 aromatic heterocycles. The second-order valence-electron chi connectivity index (χ2n) is 4.65. The van der Waals surface area contributed by atoms with E-state index in [0.29, 0.717) is 13.1 Å². The molecule has 8 nitrogen and oxygen atoms in total. The maximum Gasteiger partial charge on any atom is 0.267 e. The second-order valence-corrected chi connectivity index (χ2v) is 6.41. The number of ether oxygens (including phenoxy) is 1. The summed E-state index contributed by atoms with van der Waals surface area (Å²) in [7, 11) is -2.14. The molecular weight excluding hydrogens is 308 g/mol. The van der Waals surface area contributed by atoms with Crippen molar-refractivity contribution >= 4 is 15.9 Å². The first kappa shape index (κ1) is 18.6. The summed E-state index contributed by atoms with van der Waals surface area (Å²) in [6.45, 7) is 4.56. The highest BCUT2D eigenvalue weighted by atomic mass is 32.2. The minimum Gasteiger partial charge on any atom is -0.383 e. The Labute approximate surface area is 131 Å². The van der Waals surface area contributed by atoms with Crippen LogP contribution in [0, 0.1) is 0 Å². The molecule has 0 aliphatic rings. The Morgan fingerprint density at radius 1 is 1.27 bits per heavy atom. The van der Waals surface area contributed by atoms with Crippen LogP contribution in [0.3, 0.4) is 0 Å². The van der Waals surface area contributed by atoms with Crippen molar-refractivity contribution in [3.8, 4) is 0 Å². The SMILES string of the molecule is CCCNCCNC(=O)c1cc(S(=O)(=O)NCCOC)c[nH]1. The van der Waals surface area contributed by atoms with Crippen LogP contribution in [0.4, 0.5) is 0 Å². The summed E-state index contributed by atoms with van der Waals surface area (Å²) in [5.41, 5.74) is 0.211. The minimum absolute atomic E-state index is 0.0258. The second kappa shape index (κ2) is 9.57. The number of aromatic amines is 1. The number of aromatic nitrogens is 1. The van der Waals surface area contributed by atoms with Crippen LogP contribution in [0.2, 0.25) is 0 Å². The fourth-order valence-corrected chi connectivity index (χ4v) is 2.69. The number of hydrogen-bond donors (Lipinski definition) is 4. The van der Waals surface area contributed by atoms with E-state index in [1.165, 1.54) is 19.4 Å². The maximum atomic E-state index is 11.9. The van der Waals surface area contributed by atoms with Gasteiger partial charge >= 0.3 is 0 Å². The smallest absolute Gasteiger partial charge is 0.267 e. The molecule has 0 atom stereocenters. The number of nitrogens with one attached hydrogen (secondary N) is 4. The van der Waals surface area contributed by atoms with Gasteiger partial charge in [-0.2, -0.15) is 0 Å². The molecule has 4 N–H and O–H groups in total. The van der Waals surface area contributed by atoms with Crippen molar-refractivity contribution in [3.63, 3.8) is 0 Å². The molecule has 0 aliphatic heterocycles. The van der Waals surface area contributed by atoms with Gasteiger partial charge in [0.25, 0.3) is 5.91 Å². The molecule has 1 rings (SSSR count). The van der Waals surface area contributed by atoms with Gasteiger partial charge in [0.1, 0.15) is 10.6 Å². The average molecular weight is 332 g/mol. The quantitative estimate of drug-likeness (QED) is 0.415. The van der Waals surface area contributed by atoms with Gasteiger partial charge < -0.3 is 20.4 Å². The van der Waals surface area contributed by atoms with Gasteiger partial charge in [0, 0.05) is 32.9 Å². The number of hydrogen-bond acceptors (Lipinski definition) is 5. The topological polar surface area (TPSA) is 112 Å². The van der Waals surface area contributed by atoms with Crippen molar-refractivity contribution in [3.05, 3.63) is 18.0 Å². The van der Waals surface area contributed by atoms with Gasteiger partial charge in [0.05, 0.1) is 6.61 Å². The van der Waals surface area contributed by atoms with Gasteiger partial charge in [-0.05, 0) is 19.0 Å². The molecule has 0 aromatic carbocycles. The van der Waals surface area contributed by atoms with Gasteiger partial charge in [0.2, 0.25) is 10.0 Å². The van der Waals surface area contributed by atoms with E-state index in [0.717, 1.165) is 13.0 Å². The molecule has 1 amide bonds. The molecule has 0 aliphatic carbocycles. The summed E-state index contributed by atoms with van der Waals surface area (Å²) in [4.78, 5) is 14.6. The lowest BCUT2D eigenvalue weighted by Crippen LogP contribution is -2.32. The van der Waals surface area contributed by atoms with Crippen molar-refractivity contribution < 1.29 is 17.9 Å². The number of sulfonamides is 1. The lowest BCUT2D eigenvalue weighted by Gasteiger charge is -2.05. The number of rotatable bonds is 11. The highest BCUT2D eigenvalue weighted by Gasteiger charge is 2.17. The van der Waals surface area contributed by atoms with E-state index in [-0.39, 0.29) is 29.6 Å². The van der Waals surface area contributed by atoms with Crippen LogP contribution in [0.1, 0.15) is 23.8 Å². The zero-order chi connectivity index (χ0) is 16.4. The summed E-state index contributed by atoms with van der Waals surface area (Å²) in [6.07, 6.45) is 2.32. The number of H-pyrrole nitrogens is 1. The predicted molar refractivity (Wildman–Crippen MR) is 83.4 cm³/mol. The Morgan fingerprint density at radius 2 is 2.05 bits per heavy atom. The van der Waals surface area contributed by atoms with E-state index in [1.807, 2.05) is 0 Å². The Balaban J connectivity index is 2.50. The molecule has 0 bridgehead atoms. The number of amides is 1. The lowest BCUT2D eigenvalue weighted by molar-refractivity contribution is 0.0949. The molecule has 0 saturated carbocycles. The van der Waals surface area contributed by atoms with Crippen molar-refractivity contribution in [2.45, 2.75) is 18.2 Å². The normalized spacial score (nSPS) is 11.5.